The zero-order valence-corrected chi connectivity index (χ0v) is 12.7. The summed E-state index contributed by atoms with van der Waals surface area (Å²) >= 11 is 6.87. The number of carbonyl (C=O) groups is 1. The van der Waals surface area contributed by atoms with Gasteiger partial charge in [0.1, 0.15) is 3.23 Å². The van der Waals surface area contributed by atoms with Crippen molar-refractivity contribution in [3.63, 3.8) is 0 Å². The van der Waals surface area contributed by atoms with Gasteiger partial charge in [0.05, 0.1) is 0 Å². The first-order valence-electron chi connectivity index (χ1n) is 5.69. The van der Waals surface area contributed by atoms with E-state index in [9.17, 15) is 4.79 Å². The van der Waals surface area contributed by atoms with E-state index in [4.69, 9.17) is 0 Å². The monoisotopic (exact) mass is 364 g/mol. The van der Waals surface area contributed by atoms with Crippen LogP contribution in [-0.4, -0.2) is 9.02 Å². The van der Waals surface area contributed by atoms with Crippen molar-refractivity contribution < 1.29 is 4.79 Å². The van der Waals surface area contributed by atoms with Gasteiger partial charge in [0.15, 0.2) is 5.78 Å². The van der Waals surface area contributed by atoms with Gasteiger partial charge in [-0.15, -0.1) is 0 Å². The van der Waals surface area contributed by atoms with E-state index in [-0.39, 0.29) is 5.78 Å². The molecule has 0 bridgehead atoms. The predicted molar refractivity (Wildman–Crippen MR) is 80.5 cm³/mol. The van der Waals surface area contributed by atoms with Crippen molar-refractivity contribution in [2.24, 2.45) is 0 Å². The van der Waals surface area contributed by atoms with Gasteiger partial charge in [-0.3, -0.25) is 4.79 Å². The molecule has 0 amide bonds. The maximum Gasteiger partial charge on any atom is 0.190 e. The minimum absolute atomic E-state index is 0.108. The normalized spacial score (nSPS) is 16.7. The lowest BCUT2D eigenvalue weighted by Gasteiger charge is -2.07. The van der Waals surface area contributed by atoms with Gasteiger partial charge in [0.25, 0.3) is 0 Å². The average molecular weight is 366 g/mol. The predicted octanol–water partition coefficient (Wildman–Crippen LogP) is 4.58. The molecule has 0 aromatic heterocycles. The van der Waals surface area contributed by atoms with Crippen LogP contribution in [0.4, 0.5) is 0 Å². The lowest BCUT2D eigenvalue weighted by molar-refractivity contribution is 0.0994. The van der Waals surface area contributed by atoms with Crippen LogP contribution in [0.5, 0.6) is 0 Å². The highest BCUT2D eigenvalue weighted by Crippen LogP contribution is 2.42. The number of rotatable bonds is 1. The van der Waals surface area contributed by atoms with Crippen LogP contribution in [0.3, 0.4) is 0 Å². The molecule has 0 unspecified atom stereocenters. The fourth-order valence-electron chi connectivity index (χ4n) is 2.29. The third kappa shape index (κ3) is 1.95. The van der Waals surface area contributed by atoms with Crippen molar-refractivity contribution >= 4 is 37.6 Å². The Morgan fingerprint density at radius 3 is 2.39 bits per heavy atom. The summed E-state index contributed by atoms with van der Waals surface area (Å²) in [5.74, 6) is 0.108. The van der Waals surface area contributed by atoms with Crippen LogP contribution in [0, 0.1) is 0 Å². The second-order valence-electron chi connectivity index (χ2n) is 4.45. The summed E-state index contributed by atoms with van der Waals surface area (Å²) in [6.07, 6.45) is 0.682. The second kappa shape index (κ2) is 4.32. The van der Waals surface area contributed by atoms with Gasteiger partial charge in [-0.2, -0.15) is 0 Å². The van der Waals surface area contributed by atoms with Gasteiger partial charge in [0.2, 0.25) is 0 Å². The first-order chi connectivity index (χ1) is 8.58. The van der Waals surface area contributed by atoms with Gasteiger partial charge in [-0.1, -0.05) is 80.4 Å². The van der Waals surface area contributed by atoms with E-state index in [2.05, 4.69) is 50.1 Å². The lowest BCUT2D eigenvalue weighted by atomic mass is 10.0. The molecular weight excluding hydrogens is 356 g/mol. The Hall–Kier alpha value is -0.930. The van der Waals surface area contributed by atoms with Crippen molar-refractivity contribution in [2.75, 3.05) is 0 Å². The minimum atomic E-state index is -0.613. The molecule has 0 spiro atoms. The van der Waals surface area contributed by atoms with Crippen LogP contribution >= 0.6 is 31.9 Å². The summed E-state index contributed by atoms with van der Waals surface area (Å²) in [5.41, 5.74) is 4.23. The van der Waals surface area contributed by atoms with Crippen molar-refractivity contribution in [3.8, 4) is 11.1 Å². The van der Waals surface area contributed by atoms with Gasteiger partial charge < -0.3 is 0 Å². The molecule has 0 heterocycles. The molecule has 1 nitrogen and oxygen atoms in total. The largest absolute Gasteiger partial charge is 0.292 e. The van der Waals surface area contributed by atoms with Crippen LogP contribution < -0.4 is 0 Å². The van der Waals surface area contributed by atoms with Crippen molar-refractivity contribution in [2.45, 2.75) is 9.65 Å². The highest BCUT2D eigenvalue weighted by molar-refractivity contribution is 9.26. The standard InChI is InChI=1S/C15H10Br2O/c16-15(17)9-12-8-11(6-7-13(12)14(15)18)10-4-2-1-3-5-10/h1-8H,9H2. The molecule has 0 saturated carbocycles. The molecule has 0 N–H and O–H groups in total. The summed E-state index contributed by atoms with van der Waals surface area (Å²) in [7, 11) is 0. The number of ketones is 1. The van der Waals surface area contributed by atoms with E-state index in [1.807, 2.05) is 30.3 Å². The Morgan fingerprint density at radius 2 is 1.67 bits per heavy atom. The van der Waals surface area contributed by atoms with Gasteiger partial charge in [0, 0.05) is 12.0 Å². The van der Waals surface area contributed by atoms with E-state index in [1.54, 1.807) is 0 Å². The molecule has 0 fully saturated rings. The van der Waals surface area contributed by atoms with Crippen LogP contribution in [0.2, 0.25) is 0 Å². The Labute approximate surface area is 122 Å². The summed E-state index contributed by atoms with van der Waals surface area (Å²) in [5, 5.41) is 0. The van der Waals surface area contributed by atoms with E-state index < -0.39 is 3.23 Å². The maximum atomic E-state index is 12.1. The smallest absolute Gasteiger partial charge is 0.190 e. The molecule has 18 heavy (non-hydrogen) atoms. The van der Waals surface area contributed by atoms with E-state index in [0.29, 0.717) is 6.42 Å². The summed E-state index contributed by atoms with van der Waals surface area (Å²) in [6, 6.07) is 16.2. The molecule has 3 rings (SSSR count). The highest BCUT2D eigenvalue weighted by atomic mass is 79.9. The number of alkyl halides is 2. The fraction of sp³-hybridized carbons (Fsp3) is 0.133. The Morgan fingerprint density at radius 1 is 0.944 bits per heavy atom. The Balaban J connectivity index is 2.08. The van der Waals surface area contributed by atoms with Crippen molar-refractivity contribution in [1.29, 1.82) is 0 Å². The van der Waals surface area contributed by atoms with Crippen LogP contribution in [0.1, 0.15) is 15.9 Å². The number of fused-ring (bicyclic) bond motifs is 1. The number of hydrogen-bond acceptors (Lipinski definition) is 1. The molecule has 2 aromatic rings. The van der Waals surface area contributed by atoms with Crippen molar-refractivity contribution in [1.82, 2.24) is 0 Å². The fourth-order valence-corrected chi connectivity index (χ4v) is 3.32. The summed E-state index contributed by atoms with van der Waals surface area (Å²) in [6.45, 7) is 0. The minimum Gasteiger partial charge on any atom is -0.292 e. The quantitative estimate of drug-likeness (QED) is 0.676. The summed E-state index contributed by atoms with van der Waals surface area (Å²) in [4.78, 5) is 12.1. The third-order valence-corrected chi connectivity index (χ3v) is 4.48. The van der Waals surface area contributed by atoms with E-state index in [0.717, 1.165) is 16.7 Å². The SMILES string of the molecule is O=C1c2ccc(-c3ccccc3)cc2CC1(Br)Br. The third-order valence-electron chi connectivity index (χ3n) is 3.20. The van der Waals surface area contributed by atoms with Gasteiger partial charge in [-0.05, 0) is 16.7 Å². The van der Waals surface area contributed by atoms with Crippen LogP contribution in [0.25, 0.3) is 11.1 Å². The van der Waals surface area contributed by atoms with Crippen LogP contribution in [-0.2, 0) is 6.42 Å². The molecular formula is C15H10Br2O. The van der Waals surface area contributed by atoms with E-state index in [1.165, 1.54) is 5.56 Å². The molecule has 1 aliphatic carbocycles. The molecule has 0 saturated heterocycles. The number of halogens is 2. The van der Waals surface area contributed by atoms with Gasteiger partial charge >= 0.3 is 0 Å². The Kier molecular flexibility index (Phi) is 2.91. The van der Waals surface area contributed by atoms with Crippen molar-refractivity contribution in [3.05, 3.63) is 59.7 Å². The molecule has 1 aliphatic rings. The molecule has 0 atom stereocenters. The number of carbonyl (C=O) groups excluding carboxylic acids is 1. The molecule has 90 valence electrons. The average Bonchev–Trinajstić information content (AvgIpc) is 2.60. The topological polar surface area (TPSA) is 17.1 Å². The number of benzene rings is 2. The second-order valence-corrected chi connectivity index (χ2v) is 8.22. The van der Waals surface area contributed by atoms with Crippen LogP contribution in [0.15, 0.2) is 48.5 Å². The summed E-state index contributed by atoms with van der Waals surface area (Å²) < 4.78 is -0.613. The number of Topliss-reactive ketones (excluding diaryl/α,β-unsaturated/α-hetero) is 1. The molecule has 2 aromatic carbocycles. The molecule has 0 aliphatic heterocycles. The zero-order valence-electron chi connectivity index (χ0n) is 9.49. The first-order valence-corrected chi connectivity index (χ1v) is 7.27. The first kappa shape index (κ1) is 12.1. The van der Waals surface area contributed by atoms with E-state index >= 15 is 0 Å². The zero-order chi connectivity index (χ0) is 12.8. The molecule has 0 radical (unpaired) electrons. The van der Waals surface area contributed by atoms with Gasteiger partial charge in [-0.25, -0.2) is 0 Å². The lowest BCUT2D eigenvalue weighted by Crippen LogP contribution is -2.19. The number of hydrogen-bond donors (Lipinski definition) is 0. The maximum absolute atomic E-state index is 12.1. The highest BCUT2D eigenvalue weighted by Gasteiger charge is 2.41. The Bertz CT molecular complexity index is 618. The molecule has 3 heteroatoms.